The van der Waals surface area contributed by atoms with Gasteiger partial charge < -0.3 is 9.84 Å². The van der Waals surface area contributed by atoms with Gasteiger partial charge in [0.2, 0.25) is 0 Å². The summed E-state index contributed by atoms with van der Waals surface area (Å²) in [6, 6.07) is 9.86. The molecule has 1 aromatic heterocycles. The van der Waals surface area contributed by atoms with E-state index in [9.17, 15) is 5.11 Å². The number of hydrogen-bond acceptors (Lipinski definition) is 3. The van der Waals surface area contributed by atoms with Gasteiger partial charge in [0.05, 0.1) is 12.3 Å². The Morgan fingerprint density at radius 1 is 1.25 bits per heavy atom. The highest BCUT2D eigenvalue weighted by molar-refractivity contribution is 5.20. The molecule has 0 saturated heterocycles. The van der Waals surface area contributed by atoms with Gasteiger partial charge in [-0.15, -0.1) is 0 Å². The fourth-order valence-electron chi connectivity index (χ4n) is 2.28. The number of aryl methyl sites for hydroxylation is 1. The molecule has 0 amide bonds. The molecule has 0 spiro atoms. The van der Waals surface area contributed by atoms with E-state index in [1.165, 1.54) is 0 Å². The van der Waals surface area contributed by atoms with Crippen molar-refractivity contribution >= 4 is 0 Å². The summed E-state index contributed by atoms with van der Waals surface area (Å²) in [5.41, 5.74) is 2.03. The minimum Gasteiger partial charge on any atom is -0.390 e. The van der Waals surface area contributed by atoms with E-state index < -0.39 is 6.10 Å². The van der Waals surface area contributed by atoms with Crippen LogP contribution in [0.5, 0.6) is 0 Å². The molecule has 2 unspecified atom stereocenters. The van der Waals surface area contributed by atoms with Crippen molar-refractivity contribution in [1.82, 2.24) is 9.78 Å². The van der Waals surface area contributed by atoms with Crippen molar-refractivity contribution in [3.8, 4) is 0 Å². The summed E-state index contributed by atoms with van der Waals surface area (Å²) in [4.78, 5) is 0. The molecular weight excluding hydrogens is 252 g/mol. The van der Waals surface area contributed by atoms with Crippen LogP contribution in [0.25, 0.3) is 0 Å². The van der Waals surface area contributed by atoms with Crippen LogP contribution in [0.2, 0.25) is 0 Å². The van der Waals surface area contributed by atoms with Gasteiger partial charge in [-0.2, -0.15) is 5.10 Å². The second-order valence-electron chi connectivity index (χ2n) is 4.76. The van der Waals surface area contributed by atoms with Crippen molar-refractivity contribution in [2.45, 2.75) is 39.0 Å². The summed E-state index contributed by atoms with van der Waals surface area (Å²) in [7, 11) is 0. The first-order valence-corrected chi connectivity index (χ1v) is 7.10. The largest absolute Gasteiger partial charge is 0.390 e. The maximum Gasteiger partial charge on any atom is 0.109 e. The van der Waals surface area contributed by atoms with Crippen LogP contribution < -0.4 is 0 Å². The van der Waals surface area contributed by atoms with Gasteiger partial charge in [0, 0.05) is 25.8 Å². The molecule has 1 heterocycles. The lowest BCUT2D eigenvalue weighted by Gasteiger charge is -2.23. The van der Waals surface area contributed by atoms with E-state index in [-0.39, 0.29) is 6.10 Å². The molecule has 1 N–H and O–H groups in total. The van der Waals surface area contributed by atoms with Crippen molar-refractivity contribution in [1.29, 1.82) is 0 Å². The Bertz CT molecular complexity index is 510. The zero-order chi connectivity index (χ0) is 14.4. The van der Waals surface area contributed by atoms with Crippen molar-refractivity contribution in [3.63, 3.8) is 0 Å². The molecule has 2 rings (SSSR count). The van der Waals surface area contributed by atoms with Gasteiger partial charge in [0.15, 0.2) is 0 Å². The third-order valence-corrected chi connectivity index (χ3v) is 3.28. The average Bonchev–Trinajstić information content (AvgIpc) is 2.93. The Labute approximate surface area is 120 Å². The van der Waals surface area contributed by atoms with Crippen LogP contribution in [0, 0.1) is 0 Å². The number of aromatic nitrogens is 2. The summed E-state index contributed by atoms with van der Waals surface area (Å²) in [5.74, 6) is 0. The van der Waals surface area contributed by atoms with Gasteiger partial charge in [-0.3, -0.25) is 4.68 Å². The molecule has 1 aromatic carbocycles. The topological polar surface area (TPSA) is 47.3 Å². The SMILES string of the molecule is CCOC(c1ccccc1)C(O)Cc1cnn(CC)c1. The third kappa shape index (κ3) is 3.68. The maximum atomic E-state index is 10.5. The molecule has 0 bridgehead atoms. The van der Waals surface area contributed by atoms with Crippen molar-refractivity contribution in [2.24, 2.45) is 0 Å². The lowest BCUT2D eigenvalue weighted by molar-refractivity contribution is -0.0339. The highest BCUT2D eigenvalue weighted by atomic mass is 16.5. The van der Waals surface area contributed by atoms with Gasteiger partial charge in [-0.25, -0.2) is 0 Å². The summed E-state index contributed by atoms with van der Waals surface area (Å²) in [6.45, 7) is 5.40. The Kier molecular flexibility index (Phi) is 5.32. The molecule has 0 saturated carbocycles. The number of hydrogen-bond donors (Lipinski definition) is 1. The second kappa shape index (κ2) is 7.22. The Morgan fingerprint density at radius 2 is 2.00 bits per heavy atom. The van der Waals surface area contributed by atoms with Crippen LogP contribution in [0.4, 0.5) is 0 Å². The normalized spacial score (nSPS) is 14.2. The van der Waals surface area contributed by atoms with E-state index in [1.807, 2.05) is 55.1 Å². The maximum absolute atomic E-state index is 10.5. The van der Waals surface area contributed by atoms with E-state index in [4.69, 9.17) is 4.74 Å². The molecule has 4 heteroatoms. The van der Waals surface area contributed by atoms with Crippen LogP contribution in [0.15, 0.2) is 42.7 Å². The highest BCUT2D eigenvalue weighted by Gasteiger charge is 2.22. The molecule has 2 aromatic rings. The highest BCUT2D eigenvalue weighted by Crippen LogP contribution is 2.23. The zero-order valence-corrected chi connectivity index (χ0v) is 12.1. The number of nitrogens with zero attached hydrogens (tertiary/aromatic N) is 2. The van der Waals surface area contributed by atoms with Crippen LogP contribution >= 0.6 is 0 Å². The van der Waals surface area contributed by atoms with Gasteiger partial charge in [0.1, 0.15) is 6.10 Å². The van der Waals surface area contributed by atoms with E-state index in [2.05, 4.69) is 5.10 Å². The molecular formula is C16H22N2O2. The van der Waals surface area contributed by atoms with Gasteiger partial charge >= 0.3 is 0 Å². The second-order valence-corrected chi connectivity index (χ2v) is 4.76. The van der Waals surface area contributed by atoms with Crippen molar-refractivity contribution in [3.05, 3.63) is 53.9 Å². The molecule has 108 valence electrons. The van der Waals surface area contributed by atoms with Crippen LogP contribution in [-0.2, 0) is 17.7 Å². The minimum absolute atomic E-state index is 0.300. The summed E-state index contributed by atoms with van der Waals surface area (Å²) in [5, 5.41) is 14.7. The Morgan fingerprint density at radius 3 is 2.60 bits per heavy atom. The quantitative estimate of drug-likeness (QED) is 0.844. The fourth-order valence-corrected chi connectivity index (χ4v) is 2.28. The average molecular weight is 274 g/mol. The third-order valence-electron chi connectivity index (χ3n) is 3.28. The van der Waals surface area contributed by atoms with Crippen molar-refractivity contribution in [2.75, 3.05) is 6.61 Å². The first kappa shape index (κ1) is 14.8. The molecule has 20 heavy (non-hydrogen) atoms. The first-order valence-electron chi connectivity index (χ1n) is 7.10. The van der Waals surface area contributed by atoms with Crippen LogP contribution in [-0.4, -0.2) is 27.6 Å². The van der Waals surface area contributed by atoms with Gasteiger partial charge in [-0.1, -0.05) is 30.3 Å². The number of aliphatic hydroxyl groups excluding tert-OH is 1. The van der Waals surface area contributed by atoms with E-state index in [0.29, 0.717) is 13.0 Å². The van der Waals surface area contributed by atoms with Gasteiger partial charge in [0.25, 0.3) is 0 Å². The van der Waals surface area contributed by atoms with E-state index >= 15 is 0 Å². The lowest BCUT2D eigenvalue weighted by atomic mass is 10.00. The molecule has 0 aliphatic rings. The molecule has 0 aliphatic carbocycles. The Hall–Kier alpha value is -1.65. The monoisotopic (exact) mass is 274 g/mol. The minimum atomic E-state index is -0.577. The van der Waals surface area contributed by atoms with E-state index in [0.717, 1.165) is 17.7 Å². The number of rotatable bonds is 7. The van der Waals surface area contributed by atoms with Crippen LogP contribution in [0.3, 0.4) is 0 Å². The Balaban J connectivity index is 2.08. The smallest absolute Gasteiger partial charge is 0.109 e. The summed E-state index contributed by atoms with van der Waals surface area (Å²) in [6.07, 6.45) is 3.44. The molecule has 0 radical (unpaired) electrons. The molecule has 4 nitrogen and oxygen atoms in total. The lowest BCUT2D eigenvalue weighted by Crippen LogP contribution is -2.23. The summed E-state index contributed by atoms with van der Waals surface area (Å²) >= 11 is 0. The standard InChI is InChI=1S/C16H22N2O2/c1-3-18-12-13(11-17-18)10-15(19)16(20-4-2)14-8-6-5-7-9-14/h5-9,11-12,15-16,19H,3-4,10H2,1-2H3. The first-order chi connectivity index (χ1) is 9.74. The number of benzene rings is 1. The number of ether oxygens (including phenoxy) is 1. The molecule has 0 aliphatic heterocycles. The molecule has 0 fully saturated rings. The molecule has 2 atom stereocenters. The van der Waals surface area contributed by atoms with E-state index in [1.54, 1.807) is 6.20 Å². The zero-order valence-electron chi connectivity index (χ0n) is 12.1. The van der Waals surface area contributed by atoms with Crippen molar-refractivity contribution < 1.29 is 9.84 Å². The van der Waals surface area contributed by atoms with Gasteiger partial charge in [-0.05, 0) is 25.0 Å². The fraction of sp³-hybridized carbons (Fsp3) is 0.438. The van der Waals surface area contributed by atoms with Crippen LogP contribution in [0.1, 0.15) is 31.1 Å². The predicted molar refractivity (Wildman–Crippen MR) is 78.4 cm³/mol. The predicted octanol–water partition coefficient (Wildman–Crippen LogP) is 2.58. The number of aliphatic hydroxyl groups is 1. The summed E-state index contributed by atoms with van der Waals surface area (Å²) < 4.78 is 7.58.